The first-order chi connectivity index (χ1) is 10.8. The SMILES string of the molecule is CCc1cc(NC(C)c2ncc[nH]2)nc(-c2ccccn2)n1. The standard InChI is InChI=1S/C16H18N6/c1-3-12-10-14(20-11(2)15-18-8-9-19-15)22-16(21-12)13-6-4-5-7-17-13/h4-11H,3H2,1-2H3,(H,18,19)(H,20,21,22). The third-order valence-electron chi connectivity index (χ3n) is 3.33. The van der Waals surface area contributed by atoms with Gasteiger partial charge in [0.1, 0.15) is 17.3 Å². The van der Waals surface area contributed by atoms with E-state index < -0.39 is 0 Å². The van der Waals surface area contributed by atoms with Crippen molar-refractivity contribution in [2.24, 2.45) is 0 Å². The predicted molar refractivity (Wildman–Crippen MR) is 85.3 cm³/mol. The fourth-order valence-electron chi connectivity index (χ4n) is 2.17. The van der Waals surface area contributed by atoms with Crippen molar-refractivity contribution in [1.82, 2.24) is 24.9 Å². The van der Waals surface area contributed by atoms with Gasteiger partial charge < -0.3 is 10.3 Å². The molecule has 3 aromatic heterocycles. The van der Waals surface area contributed by atoms with E-state index in [0.717, 1.165) is 29.5 Å². The van der Waals surface area contributed by atoms with Crippen LogP contribution in [0, 0.1) is 0 Å². The van der Waals surface area contributed by atoms with E-state index in [0.29, 0.717) is 5.82 Å². The van der Waals surface area contributed by atoms with Crippen LogP contribution in [0.15, 0.2) is 42.9 Å². The van der Waals surface area contributed by atoms with Crippen molar-refractivity contribution >= 4 is 5.82 Å². The highest BCUT2D eigenvalue weighted by Gasteiger charge is 2.11. The molecule has 2 N–H and O–H groups in total. The monoisotopic (exact) mass is 294 g/mol. The first-order valence-corrected chi connectivity index (χ1v) is 7.31. The second-order valence-electron chi connectivity index (χ2n) is 4.98. The zero-order valence-corrected chi connectivity index (χ0v) is 12.6. The molecule has 3 aromatic rings. The predicted octanol–water partition coefficient (Wildman–Crippen LogP) is 3.00. The summed E-state index contributed by atoms with van der Waals surface area (Å²) >= 11 is 0. The summed E-state index contributed by atoms with van der Waals surface area (Å²) in [6, 6.07) is 7.72. The van der Waals surface area contributed by atoms with Gasteiger partial charge in [0.25, 0.3) is 0 Å². The van der Waals surface area contributed by atoms with E-state index in [9.17, 15) is 0 Å². The lowest BCUT2D eigenvalue weighted by atomic mass is 10.2. The van der Waals surface area contributed by atoms with Gasteiger partial charge in [0.2, 0.25) is 0 Å². The molecule has 0 aliphatic rings. The number of rotatable bonds is 5. The zero-order chi connectivity index (χ0) is 15.4. The van der Waals surface area contributed by atoms with Crippen molar-refractivity contribution in [3.63, 3.8) is 0 Å². The molecular weight excluding hydrogens is 276 g/mol. The number of aryl methyl sites for hydroxylation is 1. The average Bonchev–Trinajstić information content (AvgIpc) is 3.10. The molecule has 3 heterocycles. The Bertz CT molecular complexity index is 724. The van der Waals surface area contributed by atoms with Gasteiger partial charge in [0.15, 0.2) is 5.82 Å². The van der Waals surface area contributed by atoms with E-state index in [-0.39, 0.29) is 6.04 Å². The molecule has 6 nitrogen and oxygen atoms in total. The Morgan fingerprint density at radius 2 is 2.09 bits per heavy atom. The Morgan fingerprint density at radius 1 is 1.18 bits per heavy atom. The van der Waals surface area contributed by atoms with Crippen LogP contribution in [0.1, 0.15) is 31.4 Å². The van der Waals surface area contributed by atoms with Crippen molar-refractivity contribution in [2.45, 2.75) is 26.3 Å². The number of anilines is 1. The van der Waals surface area contributed by atoms with Gasteiger partial charge in [-0.1, -0.05) is 13.0 Å². The topological polar surface area (TPSA) is 79.4 Å². The summed E-state index contributed by atoms with van der Waals surface area (Å²) in [5, 5.41) is 3.36. The molecular formula is C16H18N6. The number of hydrogen-bond donors (Lipinski definition) is 2. The highest BCUT2D eigenvalue weighted by atomic mass is 15.1. The highest BCUT2D eigenvalue weighted by Crippen LogP contribution is 2.19. The fourth-order valence-corrected chi connectivity index (χ4v) is 2.17. The van der Waals surface area contributed by atoms with Gasteiger partial charge in [-0.05, 0) is 25.5 Å². The fraction of sp³-hybridized carbons (Fsp3) is 0.250. The van der Waals surface area contributed by atoms with Crippen LogP contribution < -0.4 is 5.32 Å². The number of pyridine rings is 1. The third-order valence-corrected chi connectivity index (χ3v) is 3.33. The molecule has 0 bridgehead atoms. The lowest BCUT2D eigenvalue weighted by molar-refractivity contribution is 0.801. The van der Waals surface area contributed by atoms with E-state index in [4.69, 9.17) is 0 Å². The molecule has 0 aliphatic carbocycles. The van der Waals surface area contributed by atoms with Crippen molar-refractivity contribution in [1.29, 1.82) is 0 Å². The Labute approximate surface area is 129 Å². The van der Waals surface area contributed by atoms with Crippen LogP contribution in [0.3, 0.4) is 0 Å². The van der Waals surface area contributed by atoms with Gasteiger partial charge in [-0.2, -0.15) is 0 Å². The summed E-state index contributed by atoms with van der Waals surface area (Å²) in [5.41, 5.74) is 1.75. The van der Waals surface area contributed by atoms with Crippen molar-refractivity contribution in [3.8, 4) is 11.5 Å². The average molecular weight is 294 g/mol. The van der Waals surface area contributed by atoms with Gasteiger partial charge >= 0.3 is 0 Å². The molecule has 0 amide bonds. The molecule has 112 valence electrons. The van der Waals surface area contributed by atoms with Crippen LogP contribution in [-0.4, -0.2) is 24.9 Å². The number of H-pyrrole nitrogens is 1. The van der Waals surface area contributed by atoms with E-state index in [1.165, 1.54) is 0 Å². The first kappa shape index (κ1) is 14.2. The lowest BCUT2D eigenvalue weighted by Gasteiger charge is -2.13. The second-order valence-corrected chi connectivity index (χ2v) is 4.98. The summed E-state index contributed by atoms with van der Waals surface area (Å²) in [6.45, 7) is 4.11. The van der Waals surface area contributed by atoms with E-state index in [1.807, 2.05) is 37.4 Å². The minimum absolute atomic E-state index is 0.0335. The smallest absolute Gasteiger partial charge is 0.180 e. The summed E-state index contributed by atoms with van der Waals surface area (Å²) in [4.78, 5) is 20.8. The maximum absolute atomic E-state index is 4.58. The minimum atomic E-state index is 0.0335. The highest BCUT2D eigenvalue weighted by molar-refractivity contribution is 5.53. The molecule has 6 heteroatoms. The number of aromatic nitrogens is 5. The van der Waals surface area contributed by atoms with Gasteiger partial charge in [-0.3, -0.25) is 4.98 Å². The van der Waals surface area contributed by atoms with Crippen molar-refractivity contribution < 1.29 is 0 Å². The largest absolute Gasteiger partial charge is 0.360 e. The van der Waals surface area contributed by atoms with Gasteiger partial charge in [-0.25, -0.2) is 15.0 Å². The van der Waals surface area contributed by atoms with Crippen molar-refractivity contribution in [3.05, 3.63) is 54.4 Å². The number of imidazole rings is 1. The molecule has 0 fully saturated rings. The molecule has 0 aromatic carbocycles. The molecule has 0 radical (unpaired) electrons. The number of aromatic amines is 1. The van der Waals surface area contributed by atoms with Crippen LogP contribution in [0.25, 0.3) is 11.5 Å². The molecule has 1 atom stereocenters. The van der Waals surface area contributed by atoms with Crippen LogP contribution >= 0.6 is 0 Å². The van der Waals surface area contributed by atoms with E-state index in [1.54, 1.807) is 12.4 Å². The van der Waals surface area contributed by atoms with Gasteiger partial charge in [-0.15, -0.1) is 0 Å². The first-order valence-electron chi connectivity index (χ1n) is 7.31. The van der Waals surface area contributed by atoms with Crippen LogP contribution in [-0.2, 0) is 6.42 Å². The summed E-state index contributed by atoms with van der Waals surface area (Å²) < 4.78 is 0. The molecule has 1 unspecified atom stereocenters. The Hall–Kier alpha value is -2.76. The van der Waals surface area contributed by atoms with Gasteiger partial charge in [0, 0.05) is 30.4 Å². The van der Waals surface area contributed by atoms with Crippen LogP contribution in [0.2, 0.25) is 0 Å². The minimum Gasteiger partial charge on any atom is -0.360 e. The molecule has 0 saturated carbocycles. The Balaban J connectivity index is 1.91. The Kier molecular flexibility index (Phi) is 4.09. The van der Waals surface area contributed by atoms with Crippen LogP contribution in [0.5, 0.6) is 0 Å². The third kappa shape index (κ3) is 3.11. The lowest BCUT2D eigenvalue weighted by Crippen LogP contribution is -2.11. The summed E-state index contributed by atoms with van der Waals surface area (Å²) in [6.07, 6.45) is 6.14. The number of hydrogen-bond acceptors (Lipinski definition) is 5. The Morgan fingerprint density at radius 3 is 2.77 bits per heavy atom. The number of nitrogens with one attached hydrogen (secondary N) is 2. The maximum Gasteiger partial charge on any atom is 0.180 e. The summed E-state index contributed by atoms with van der Waals surface area (Å²) in [7, 11) is 0. The molecule has 0 saturated heterocycles. The molecule has 3 rings (SSSR count). The van der Waals surface area contributed by atoms with Gasteiger partial charge in [0.05, 0.1) is 6.04 Å². The zero-order valence-electron chi connectivity index (χ0n) is 12.6. The number of nitrogens with zero attached hydrogens (tertiary/aromatic N) is 4. The van der Waals surface area contributed by atoms with Crippen LogP contribution in [0.4, 0.5) is 5.82 Å². The van der Waals surface area contributed by atoms with E-state index >= 15 is 0 Å². The molecule has 0 aliphatic heterocycles. The van der Waals surface area contributed by atoms with E-state index in [2.05, 4.69) is 37.2 Å². The second kappa shape index (κ2) is 6.34. The van der Waals surface area contributed by atoms with Crippen molar-refractivity contribution in [2.75, 3.05) is 5.32 Å². The normalized spacial score (nSPS) is 12.1. The quantitative estimate of drug-likeness (QED) is 0.756. The molecule has 0 spiro atoms. The summed E-state index contributed by atoms with van der Waals surface area (Å²) in [5.74, 6) is 2.28. The molecule has 22 heavy (non-hydrogen) atoms. The maximum atomic E-state index is 4.58.